The molecule has 0 bridgehead atoms. The molecule has 0 saturated heterocycles. The van der Waals surface area contributed by atoms with Gasteiger partial charge in [0.15, 0.2) is 11.5 Å². The highest BCUT2D eigenvalue weighted by Gasteiger charge is 2.38. The van der Waals surface area contributed by atoms with Crippen molar-refractivity contribution in [3.05, 3.63) is 58.5 Å². The summed E-state index contributed by atoms with van der Waals surface area (Å²) in [6.07, 6.45) is 0.185. The zero-order chi connectivity index (χ0) is 27.3. The third kappa shape index (κ3) is 3.98. The van der Waals surface area contributed by atoms with Crippen LogP contribution in [0.3, 0.4) is 0 Å². The van der Waals surface area contributed by atoms with Gasteiger partial charge in [0.05, 0.1) is 23.9 Å². The molecule has 2 amide bonds. The first kappa shape index (κ1) is 25.4. The van der Waals surface area contributed by atoms with Crippen LogP contribution in [0.1, 0.15) is 63.9 Å². The highest BCUT2D eigenvalue weighted by atomic mass is 16.6. The van der Waals surface area contributed by atoms with Crippen LogP contribution >= 0.6 is 0 Å². The van der Waals surface area contributed by atoms with Crippen LogP contribution in [0.5, 0.6) is 5.75 Å². The number of anilines is 1. The van der Waals surface area contributed by atoms with Gasteiger partial charge in [0.2, 0.25) is 0 Å². The fraction of sp³-hybridized carbons (Fsp3) is 0.345. The molecule has 3 heterocycles. The molecule has 9 nitrogen and oxygen atoms in total. The highest BCUT2D eigenvalue weighted by Crippen LogP contribution is 2.48. The van der Waals surface area contributed by atoms with E-state index in [1.165, 1.54) is 12.0 Å². The Bertz CT molecular complexity index is 1600. The summed E-state index contributed by atoms with van der Waals surface area (Å²) in [5.41, 5.74) is 4.60. The quantitative estimate of drug-likeness (QED) is 0.329. The number of nitrogens with zero attached hydrogens (tertiary/aromatic N) is 2. The average Bonchev–Trinajstić information content (AvgIpc) is 3.59. The number of H-pyrrole nitrogens is 1. The molecule has 0 aliphatic carbocycles. The van der Waals surface area contributed by atoms with Gasteiger partial charge in [-0.15, -0.1) is 0 Å². The Kier molecular flexibility index (Phi) is 6.38. The van der Waals surface area contributed by atoms with Gasteiger partial charge in [-0.3, -0.25) is 4.79 Å². The van der Waals surface area contributed by atoms with E-state index in [0.29, 0.717) is 46.5 Å². The lowest BCUT2D eigenvalue weighted by Gasteiger charge is -2.19. The molecular formula is C29H31N3O6. The number of rotatable bonds is 5. The van der Waals surface area contributed by atoms with Crippen LogP contribution in [0.15, 0.2) is 34.7 Å². The van der Waals surface area contributed by atoms with Gasteiger partial charge in [0.25, 0.3) is 5.91 Å². The van der Waals surface area contributed by atoms with E-state index in [9.17, 15) is 14.4 Å². The summed E-state index contributed by atoms with van der Waals surface area (Å²) in [6.45, 7) is 8.50. The second-order valence-electron chi connectivity index (χ2n) is 9.73. The Morgan fingerprint density at radius 1 is 1.16 bits per heavy atom. The fourth-order valence-electron chi connectivity index (χ4n) is 5.19. The summed E-state index contributed by atoms with van der Waals surface area (Å²) >= 11 is 0. The van der Waals surface area contributed by atoms with E-state index >= 15 is 0 Å². The van der Waals surface area contributed by atoms with Crippen LogP contribution in [0.25, 0.3) is 21.9 Å². The molecule has 0 saturated carbocycles. The maximum absolute atomic E-state index is 13.8. The number of carbonyl (C=O) groups is 3. The van der Waals surface area contributed by atoms with Gasteiger partial charge in [-0.2, -0.15) is 0 Å². The number of benzene rings is 2. The van der Waals surface area contributed by atoms with Gasteiger partial charge in [-0.05, 0) is 51.0 Å². The first-order chi connectivity index (χ1) is 18.2. The number of amides is 2. The Morgan fingerprint density at radius 3 is 2.61 bits per heavy atom. The third-order valence-electron chi connectivity index (χ3n) is 7.34. The summed E-state index contributed by atoms with van der Waals surface area (Å²) in [7, 11) is 2.97. The van der Waals surface area contributed by atoms with Crippen LogP contribution in [-0.2, 0) is 4.74 Å². The topological polar surface area (TPSA) is 105 Å². The van der Waals surface area contributed by atoms with Gasteiger partial charge in [-0.1, -0.05) is 18.6 Å². The van der Waals surface area contributed by atoms with Crippen LogP contribution in [0.2, 0.25) is 0 Å². The lowest BCUT2D eigenvalue weighted by atomic mass is 9.93. The van der Waals surface area contributed by atoms with E-state index in [1.807, 2.05) is 39.0 Å². The van der Waals surface area contributed by atoms with E-state index in [0.717, 1.165) is 22.9 Å². The van der Waals surface area contributed by atoms with Crippen molar-refractivity contribution in [2.45, 2.75) is 40.0 Å². The molecule has 2 aromatic carbocycles. The van der Waals surface area contributed by atoms with Crippen molar-refractivity contribution in [1.82, 2.24) is 9.88 Å². The first-order valence-corrected chi connectivity index (χ1v) is 12.7. The lowest BCUT2D eigenvalue weighted by Crippen LogP contribution is -2.30. The third-order valence-corrected chi connectivity index (χ3v) is 7.34. The Labute approximate surface area is 220 Å². The molecule has 0 fully saturated rings. The molecular weight excluding hydrogens is 486 g/mol. The van der Waals surface area contributed by atoms with E-state index in [1.54, 1.807) is 31.0 Å². The summed E-state index contributed by atoms with van der Waals surface area (Å²) in [4.78, 5) is 45.8. The molecule has 1 unspecified atom stereocenters. The van der Waals surface area contributed by atoms with Crippen molar-refractivity contribution in [1.29, 1.82) is 0 Å². The number of aromatic amines is 1. The molecule has 0 spiro atoms. The number of aryl methyl sites for hydroxylation is 2. The van der Waals surface area contributed by atoms with Crippen molar-refractivity contribution >= 4 is 45.5 Å². The fourth-order valence-corrected chi connectivity index (χ4v) is 5.19. The number of aromatic nitrogens is 1. The molecule has 9 heteroatoms. The molecule has 0 radical (unpaired) electrons. The number of ether oxygens (including phenoxy) is 2. The van der Waals surface area contributed by atoms with Crippen LogP contribution in [0.4, 0.5) is 10.5 Å². The van der Waals surface area contributed by atoms with Gasteiger partial charge < -0.3 is 28.7 Å². The zero-order valence-electron chi connectivity index (χ0n) is 22.4. The predicted molar refractivity (Wildman–Crippen MR) is 144 cm³/mol. The van der Waals surface area contributed by atoms with E-state index < -0.39 is 12.1 Å². The van der Waals surface area contributed by atoms with Crippen LogP contribution in [0, 0.1) is 13.8 Å². The number of furan rings is 1. The summed E-state index contributed by atoms with van der Waals surface area (Å²) in [5.74, 6) is -0.402. The number of hydrogen-bond acceptors (Lipinski definition) is 6. The van der Waals surface area contributed by atoms with Gasteiger partial charge in [-0.25, -0.2) is 9.59 Å². The van der Waals surface area contributed by atoms with Crippen LogP contribution in [-0.4, -0.2) is 55.1 Å². The number of esters is 1. The summed E-state index contributed by atoms with van der Waals surface area (Å²) in [6, 6.07) is 9.21. The van der Waals surface area contributed by atoms with Gasteiger partial charge in [0.1, 0.15) is 5.58 Å². The smallest absolute Gasteiger partial charge is 0.415 e. The largest absolute Gasteiger partial charge is 0.465 e. The number of carbonyl (C=O) groups excluding carboxylic acids is 3. The predicted octanol–water partition coefficient (Wildman–Crippen LogP) is 5.92. The minimum atomic E-state index is -0.545. The summed E-state index contributed by atoms with van der Waals surface area (Å²) < 4.78 is 16.8. The number of hydrogen-bond donors (Lipinski definition) is 1. The minimum absolute atomic E-state index is 0.0512. The van der Waals surface area contributed by atoms with Gasteiger partial charge >= 0.3 is 12.1 Å². The Morgan fingerprint density at radius 2 is 1.92 bits per heavy atom. The molecule has 1 N–H and O–H groups in total. The van der Waals surface area contributed by atoms with Crippen molar-refractivity contribution in [3.8, 4) is 5.75 Å². The SMILES string of the molecule is CCC1CN(C(=O)c2cc3cc(C)ccc3o2)c2cc(OC(=O)N(C)CC)c3[nH]c(C)c(C(=O)OC)c3c21. The minimum Gasteiger partial charge on any atom is -0.465 e. The normalized spacial score (nSPS) is 14.7. The molecule has 1 aliphatic heterocycles. The monoisotopic (exact) mass is 517 g/mol. The molecule has 4 aromatic rings. The maximum Gasteiger partial charge on any atom is 0.415 e. The van der Waals surface area contributed by atoms with Crippen molar-refractivity contribution < 1.29 is 28.3 Å². The van der Waals surface area contributed by atoms with E-state index in [4.69, 9.17) is 13.9 Å². The molecule has 5 rings (SSSR count). The summed E-state index contributed by atoms with van der Waals surface area (Å²) in [5, 5.41) is 1.46. The highest BCUT2D eigenvalue weighted by molar-refractivity contribution is 6.14. The average molecular weight is 518 g/mol. The second kappa shape index (κ2) is 9.55. The molecule has 198 valence electrons. The Hall–Kier alpha value is -4.27. The van der Waals surface area contributed by atoms with Crippen LogP contribution < -0.4 is 9.64 Å². The number of methoxy groups -OCH3 is 1. The number of nitrogens with one attached hydrogen (secondary N) is 1. The van der Waals surface area contributed by atoms with Crippen molar-refractivity contribution in [2.24, 2.45) is 0 Å². The van der Waals surface area contributed by atoms with Crippen molar-refractivity contribution in [2.75, 3.05) is 32.1 Å². The standard InChI is InChI=1S/C29H31N3O6/c1-7-17-14-32(27(33)22-12-18-11-15(3)9-10-20(18)37-22)19-13-21(38-29(35)31(5)8-2)26-25(24(17)19)23(16(4)30-26)28(34)36-6/h9-13,17,30H,7-8,14H2,1-6H3. The Balaban J connectivity index is 1.71. The van der Waals surface area contributed by atoms with Crippen molar-refractivity contribution in [3.63, 3.8) is 0 Å². The number of fused-ring (bicyclic) bond motifs is 4. The molecule has 2 aromatic heterocycles. The van der Waals surface area contributed by atoms with E-state index in [2.05, 4.69) is 4.98 Å². The molecule has 1 atom stereocenters. The maximum atomic E-state index is 13.8. The first-order valence-electron chi connectivity index (χ1n) is 12.7. The second-order valence-corrected chi connectivity index (χ2v) is 9.73. The van der Waals surface area contributed by atoms with E-state index in [-0.39, 0.29) is 23.3 Å². The molecule has 38 heavy (non-hydrogen) atoms. The van der Waals surface area contributed by atoms with Gasteiger partial charge in [0, 0.05) is 48.6 Å². The molecule has 1 aliphatic rings. The lowest BCUT2D eigenvalue weighted by molar-refractivity contribution is 0.0602. The zero-order valence-corrected chi connectivity index (χ0v) is 22.4.